The maximum atomic E-state index is 12.2. The van der Waals surface area contributed by atoms with Crippen LogP contribution in [-0.4, -0.2) is 41.0 Å². The van der Waals surface area contributed by atoms with Gasteiger partial charge in [0.2, 0.25) is 0 Å². The molecule has 1 heterocycles. The third-order valence-corrected chi connectivity index (χ3v) is 4.35. The smallest absolute Gasteiger partial charge is 0.269 e. The van der Waals surface area contributed by atoms with E-state index in [1.54, 1.807) is 13.2 Å². The second kappa shape index (κ2) is 6.83. The Labute approximate surface area is 134 Å². The van der Waals surface area contributed by atoms with Crippen LogP contribution in [0.2, 0.25) is 0 Å². The standard InChI is InChI=1S/C17H21N3O3/c1-23-16-8-3-2-6-12(16)13-9-14(20-19-13)17(22)18-10-11-5-4-7-15(11)21/h2-3,6,8-9,11,15,21H,4-5,7,10H2,1H3,(H,18,22)(H,19,20). The summed E-state index contributed by atoms with van der Waals surface area (Å²) in [6, 6.07) is 9.23. The first-order chi connectivity index (χ1) is 11.2. The largest absolute Gasteiger partial charge is 0.496 e. The van der Waals surface area contributed by atoms with Crippen molar-refractivity contribution in [2.24, 2.45) is 5.92 Å². The molecule has 122 valence electrons. The number of benzene rings is 1. The highest BCUT2D eigenvalue weighted by Gasteiger charge is 2.25. The summed E-state index contributed by atoms with van der Waals surface area (Å²) in [6.45, 7) is 0.489. The summed E-state index contributed by atoms with van der Waals surface area (Å²) in [5.74, 6) is 0.647. The molecule has 1 amide bonds. The van der Waals surface area contributed by atoms with Gasteiger partial charge in [-0.1, -0.05) is 18.6 Å². The number of nitrogens with one attached hydrogen (secondary N) is 2. The number of rotatable bonds is 5. The van der Waals surface area contributed by atoms with Crippen LogP contribution >= 0.6 is 0 Å². The quantitative estimate of drug-likeness (QED) is 0.787. The number of nitrogens with zero attached hydrogens (tertiary/aromatic N) is 1. The van der Waals surface area contributed by atoms with Crippen LogP contribution < -0.4 is 10.1 Å². The third-order valence-electron chi connectivity index (χ3n) is 4.35. The number of aromatic nitrogens is 2. The Kier molecular flexibility index (Phi) is 4.62. The molecule has 1 fully saturated rings. The van der Waals surface area contributed by atoms with E-state index >= 15 is 0 Å². The van der Waals surface area contributed by atoms with Gasteiger partial charge in [0.25, 0.3) is 5.91 Å². The molecule has 1 aliphatic carbocycles. The predicted molar refractivity (Wildman–Crippen MR) is 86.3 cm³/mol. The molecule has 0 aliphatic heterocycles. The van der Waals surface area contributed by atoms with Gasteiger partial charge in [0.1, 0.15) is 11.4 Å². The second-order valence-electron chi connectivity index (χ2n) is 5.84. The summed E-state index contributed by atoms with van der Waals surface area (Å²) in [5, 5.41) is 19.6. The molecule has 23 heavy (non-hydrogen) atoms. The number of hydrogen-bond acceptors (Lipinski definition) is 4. The number of aromatic amines is 1. The zero-order chi connectivity index (χ0) is 16.2. The minimum Gasteiger partial charge on any atom is -0.496 e. The molecule has 6 heteroatoms. The summed E-state index contributed by atoms with van der Waals surface area (Å²) < 4.78 is 5.31. The second-order valence-corrected chi connectivity index (χ2v) is 5.84. The van der Waals surface area contributed by atoms with Crippen molar-refractivity contribution < 1.29 is 14.6 Å². The third kappa shape index (κ3) is 3.37. The average molecular weight is 315 g/mol. The maximum Gasteiger partial charge on any atom is 0.269 e. The van der Waals surface area contributed by atoms with Crippen LogP contribution in [0.3, 0.4) is 0 Å². The fourth-order valence-electron chi connectivity index (χ4n) is 3.01. The maximum absolute atomic E-state index is 12.2. The SMILES string of the molecule is COc1ccccc1-c1cc(C(=O)NCC2CCCC2O)[nH]n1. The van der Waals surface area contributed by atoms with Crippen LogP contribution in [0.1, 0.15) is 29.8 Å². The van der Waals surface area contributed by atoms with Crippen LogP contribution in [0, 0.1) is 5.92 Å². The van der Waals surface area contributed by atoms with Crippen LogP contribution in [0.15, 0.2) is 30.3 Å². The monoisotopic (exact) mass is 315 g/mol. The van der Waals surface area contributed by atoms with Gasteiger partial charge in [0.05, 0.1) is 18.9 Å². The highest BCUT2D eigenvalue weighted by molar-refractivity contribution is 5.93. The number of aliphatic hydroxyl groups is 1. The molecular formula is C17H21N3O3. The molecule has 0 radical (unpaired) electrons. The van der Waals surface area contributed by atoms with Gasteiger partial charge in [-0.25, -0.2) is 0 Å². The minimum atomic E-state index is -0.304. The molecule has 2 atom stereocenters. The van der Waals surface area contributed by atoms with Crippen LogP contribution in [0.5, 0.6) is 5.75 Å². The van der Waals surface area contributed by atoms with Gasteiger partial charge in [0, 0.05) is 18.0 Å². The summed E-state index contributed by atoms with van der Waals surface area (Å²) in [6.07, 6.45) is 2.49. The van der Waals surface area contributed by atoms with E-state index in [0.717, 1.165) is 24.8 Å². The van der Waals surface area contributed by atoms with E-state index in [0.29, 0.717) is 23.7 Å². The molecule has 3 N–H and O–H groups in total. The number of amides is 1. The number of H-pyrrole nitrogens is 1. The molecule has 0 spiro atoms. The van der Waals surface area contributed by atoms with E-state index in [-0.39, 0.29) is 17.9 Å². The van der Waals surface area contributed by atoms with Crippen LogP contribution in [0.25, 0.3) is 11.3 Å². The first kappa shape index (κ1) is 15.6. The minimum absolute atomic E-state index is 0.149. The Morgan fingerprint density at radius 3 is 3.00 bits per heavy atom. The van der Waals surface area contributed by atoms with E-state index in [2.05, 4.69) is 15.5 Å². The molecule has 1 aromatic carbocycles. The van der Waals surface area contributed by atoms with E-state index in [1.807, 2.05) is 24.3 Å². The molecule has 2 aromatic rings. The molecule has 6 nitrogen and oxygen atoms in total. The van der Waals surface area contributed by atoms with Gasteiger partial charge in [-0.2, -0.15) is 5.10 Å². The molecule has 1 aromatic heterocycles. The van der Waals surface area contributed by atoms with Gasteiger partial charge in [0.15, 0.2) is 0 Å². The number of para-hydroxylation sites is 1. The number of methoxy groups -OCH3 is 1. The van der Waals surface area contributed by atoms with Crippen molar-refractivity contribution in [1.29, 1.82) is 0 Å². The number of hydrogen-bond donors (Lipinski definition) is 3. The molecule has 0 bridgehead atoms. The van der Waals surface area contributed by atoms with Crippen molar-refractivity contribution in [3.8, 4) is 17.0 Å². The van der Waals surface area contributed by atoms with E-state index < -0.39 is 0 Å². The Balaban J connectivity index is 1.67. The van der Waals surface area contributed by atoms with Gasteiger partial charge < -0.3 is 15.2 Å². The van der Waals surface area contributed by atoms with Crippen LogP contribution in [0.4, 0.5) is 0 Å². The summed E-state index contributed by atoms with van der Waals surface area (Å²) in [4.78, 5) is 12.2. The lowest BCUT2D eigenvalue weighted by Gasteiger charge is -2.14. The van der Waals surface area contributed by atoms with Gasteiger partial charge in [-0.15, -0.1) is 0 Å². The van der Waals surface area contributed by atoms with Crippen molar-refractivity contribution in [3.63, 3.8) is 0 Å². The zero-order valence-corrected chi connectivity index (χ0v) is 13.1. The van der Waals surface area contributed by atoms with Gasteiger partial charge in [-0.3, -0.25) is 9.89 Å². The lowest BCUT2D eigenvalue weighted by atomic mass is 10.1. The lowest BCUT2D eigenvalue weighted by Crippen LogP contribution is -2.32. The molecular weight excluding hydrogens is 294 g/mol. The molecule has 1 saturated carbocycles. The summed E-state index contributed by atoms with van der Waals surface area (Å²) in [5.41, 5.74) is 1.89. The van der Waals surface area contributed by atoms with E-state index in [4.69, 9.17) is 4.74 Å². The summed E-state index contributed by atoms with van der Waals surface area (Å²) in [7, 11) is 1.60. The lowest BCUT2D eigenvalue weighted by molar-refractivity contribution is 0.0912. The number of ether oxygens (including phenoxy) is 1. The first-order valence-electron chi connectivity index (χ1n) is 7.84. The fraction of sp³-hybridized carbons (Fsp3) is 0.412. The van der Waals surface area contributed by atoms with Crippen molar-refractivity contribution in [2.45, 2.75) is 25.4 Å². The highest BCUT2D eigenvalue weighted by Crippen LogP contribution is 2.28. The van der Waals surface area contributed by atoms with Crippen LogP contribution in [-0.2, 0) is 0 Å². The molecule has 0 saturated heterocycles. The normalized spacial score (nSPS) is 20.4. The number of carbonyl (C=O) groups is 1. The number of aliphatic hydroxyl groups excluding tert-OH is 1. The fourth-order valence-corrected chi connectivity index (χ4v) is 3.01. The van der Waals surface area contributed by atoms with Gasteiger partial charge in [-0.05, 0) is 31.0 Å². The predicted octanol–water partition coefficient (Wildman–Crippen LogP) is 1.98. The van der Waals surface area contributed by atoms with E-state index in [1.165, 1.54) is 0 Å². The van der Waals surface area contributed by atoms with Crippen molar-refractivity contribution in [1.82, 2.24) is 15.5 Å². The Hall–Kier alpha value is -2.34. The molecule has 3 rings (SSSR count). The number of carbonyl (C=O) groups excluding carboxylic acids is 1. The van der Waals surface area contributed by atoms with Crippen molar-refractivity contribution >= 4 is 5.91 Å². The topological polar surface area (TPSA) is 87.2 Å². The average Bonchev–Trinajstić information content (AvgIpc) is 3.22. The Bertz CT molecular complexity index is 683. The van der Waals surface area contributed by atoms with Crippen molar-refractivity contribution in [2.75, 3.05) is 13.7 Å². The summed E-state index contributed by atoms with van der Waals surface area (Å²) >= 11 is 0. The first-order valence-corrected chi connectivity index (χ1v) is 7.84. The highest BCUT2D eigenvalue weighted by atomic mass is 16.5. The molecule has 2 unspecified atom stereocenters. The van der Waals surface area contributed by atoms with Crippen molar-refractivity contribution in [3.05, 3.63) is 36.0 Å². The van der Waals surface area contributed by atoms with E-state index in [9.17, 15) is 9.90 Å². The Morgan fingerprint density at radius 1 is 1.43 bits per heavy atom. The Morgan fingerprint density at radius 2 is 2.26 bits per heavy atom. The zero-order valence-electron chi connectivity index (χ0n) is 13.1. The van der Waals surface area contributed by atoms with Gasteiger partial charge >= 0.3 is 0 Å². The molecule has 1 aliphatic rings.